The Bertz CT molecular complexity index is 246. The lowest BCUT2D eigenvalue weighted by Gasteiger charge is -2.11. The molecular formula is C13H20S. The Kier molecular flexibility index (Phi) is 5.62. The van der Waals surface area contributed by atoms with Gasteiger partial charge >= 0.3 is 0 Å². The standard InChI is InChI=1S/C13H20S/c1-3-5-6-9-12(8-4-2)13-10-7-11-14-13/h5-7,10-12H,3-4,8-9H2,1-2H3/b6-5-. The molecule has 0 spiro atoms. The predicted molar refractivity (Wildman–Crippen MR) is 66.0 cm³/mol. The van der Waals surface area contributed by atoms with Gasteiger partial charge in [0.15, 0.2) is 0 Å². The quantitative estimate of drug-likeness (QED) is 0.578. The van der Waals surface area contributed by atoms with Crippen molar-refractivity contribution in [1.82, 2.24) is 0 Å². The van der Waals surface area contributed by atoms with Gasteiger partial charge in [-0.1, -0.05) is 38.5 Å². The Labute approximate surface area is 91.7 Å². The highest BCUT2D eigenvalue weighted by Crippen LogP contribution is 2.28. The molecule has 0 saturated heterocycles. The summed E-state index contributed by atoms with van der Waals surface area (Å²) in [6.45, 7) is 4.46. The lowest BCUT2D eigenvalue weighted by molar-refractivity contribution is 0.629. The van der Waals surface area contributed by atoms with Gasteiger partial charge in [-0.3, -0.25) is 0 Å². The van der Waals surface area contributed by atoms with Gasteiger partial charge in [0.05, 0.1) is 0 Å². The van der Waals surface area contributed by atoms with Crippen LogP contribution in [0, 0.1) is 0 Å². The van der Waals surface area contributed by atoms with Crippen LogP contribution in [0.5, 0.6) is 0 Å². The van der Waals surface area contributed by atoms with E-state index in [9.17, 15) is 0 Å². The second-order valence-electron chi connectivity index (χ2n) is 3.62. The van der Waals surface area contributed by atoms with Crippen LogP contribution >= 0.6 is 11.3 Å². The molecule has 1 rings (SSSR count). The Hall–Kier alpha value is -0.560. The molecule has 1 heterocycles. The van der Waals surface area contributed by atoms with E-state index in [1.807, 2.05) is 11.3 Å². The van der Waals surface area contributed by atoms with Gasteiger partial charge < -0.3 is 0 Å². The number of allylic oxidation sites excluding steroid dienone is 2. The maximum Gasteiger partial charge on any atom is 0.00792 e. The van der Waals surface area contributed by atoms with Crippen molar-refractivity contribution >= 4 is 11.3 Å². The zero-order valence-electron chi connectivity index (χ0n) is 9.20. The van der Waals surface area contributed by atoms with Crippen molar-refractivity contribution in [2.45, 2.75) is 45.4 Å². The first-order chi connectivity index (χ1) is 6.88. The van der Waals surface area contributed by atoms with Crippen molar-refractivity contribution in [2.24, 2.45) is 0 Å². The van der Waals surface area contributed by atoms with Crippen molar-refractivity contribution in [2.75, 3.05) is 0 Å². The van der Waals surface area contributed by atoms with Crippen molar-refractivity contribution in [3.8, 4) is 0 Å². The Balaban J connectivity index is 2.51. The van der Waals surface area contributed by atoms with Gasteiger partial charge in [-0.05, 0) is 36.6 Å². The van der Waals surface area contributed by atoms with E-state index in [0.29, 0.717) is 0 Å². The molecule has 0 N–H and O–H groups in total. The van der Waals surface area contributed by atoms with Crippen LogP contribution in [0.15, 0.2) is 29.7 Å². The summed E-state index contributed by atoms with van der Waals surface area (Å²) in [7, 11) is 0. The Morgan fingerprint density at radius 3 is 2.79 bits per heavy atom. The second kappa shape index (κ2) is 6.83. The highest BCUT2D eigenvalue weighted by molar-refractivity contribution is 7.10. The highest BCUT2D eigenvalue weighted by Gasteiger charge is 2.09. The number of rotatable bonds is 6. The SMILES string of the molecule is CC/C=C\CC(CCC)c1cccs1. The minimum absolute atomic E-state index is 0.753. The van der Waals surface area contributed by atoms with Crippen LogP contribution < -0.4 is 0 Å². The van der Waals surface area contributed by atoms with Gasteiger partial charge in [0, 0.05) is 4.88 Å². The molecule has 1 aromatic heterocycles. The molecule has 78 valence electrons. The number of hydrogen-bond acceptors (Lipinski definition) is 1. The van der Waals surface area contributed by atoms with Gasteiger partial charge in [-0.25, -0.2) is 0 Å². The summed E-state index contributed by atoms with van der Waals surface area (Å²) < 4.78 is 0. The molecule has 1 heteroatoms. The fourth-order valence-corrected chi connectivity index (χ4v) is 2.55. The number of thiophene rings is 1. The monoisotopic (exact) mass is 208 g/mol. The highest BCUT2D eigenvalue weighted by atomic mass is 32.1. The maximum absolute atomic E-state index is 2.33. The van der Waals surface area contributed by atoms with Crippen molar-refractivity contribution < 1.29 is 0 Å². The minimum Gasteiger partial charge on any atom is -0.149 e. The van der Waals surface area contributed by atoms with Gasteiger partial charge in [0.2, 0.25) is 0 Å². The van der Waals surface area contributed by atoms with E-state index in [-0.39, 0.29) is 0 Å². The summed E-state index contributed by atoms with van der Waals surface area (Å²) in [5.74, 6) is 0.753. The summed E-state index contributed by atoms with van der Waals surface area (Å²) in [4.78, 5) is 1.55. The average Bonchev–Trinajstić information content (AvgIpc) is 2.70. The van der Waals surface area contributed by atoms with Crippen LogP contribution in [0.25, 0.3) is 0 Å². The fourth-order valence-electron chi connectivity index (χ4n) is 1.68. The molecule has 1 atom stereocenters. The third kappa shape index (κ3) is 3.67. The van der Waals surface area contributed by atoms with Crippen LogP contribution in [-0.4, -0.2) is 0 Å². The zero-order valence-corrected chi connectivity index (χ0v) is 10.0. The van der Waals surface area contributed by atoms with E-state index in [0.717, 1.165) is 12.3 Å². The van der Waals surface area contributed by atoms with E-state index in [1.165, 1.54) is 19.3 Å². The topological polar surface area (TPSA) is 0 Å². The first-order valence-electron chi connectivity index (χ1n) is 5.56. The normalized spacial score (nSPS) is 13.6. The first-order valence-corrected chi connectivity index (χ1v) is 6.44. The van der Waals surface area contributed by atoms with Crippen molar-refractivity contribution in [3.05, 3.63) is 34.5 Å². The summed E-state index contributed by atoms with van der Waals surface area (Å²) in [5.41, 5.74) is 0. The molecule has 0 aliphatic carbocycles. The first kappa shape index (κ1) is 11.5. The van der Waals surface area contributed by atoms with Gasteiger partial charge in [-0.15, -0.1) is 11.3 Å². The molecule has 0 fully saturated rings. The van der Waals surface area contributed by atoms with E-state index in [1.54, 1.807) is 4.88 Å². The van der Waals surface area contributed by atoms with E-state index in [4.69, 9.17) is 0 Å². The van der Waals surface area contributed by atoms with Gasteiger partial charge in [0.1, 0.15) is 0 Å². The van der Waals surface area contributed by atoms with Crippen LogP contribution in [0.3, 0.4) is 0 Å². The zero-order chi connectivity index (χ0) is 10.2. The molecule has 0 aliphatic heterocycles. The molecule has 0 amide bonds. The van der Waals surface area contributed by atoms with Crippen LogP contribution in [-0.2, 0) is 0 Å². The molecule has 1 aromatic rings. The molecule has 0 aliphatic rings. The molecule has 0 nitrogen and oxygen atoms in total. The van der Waals surface area contributed by atoms with Crippen LogP contribution in [0.1, 0.15) is 50.3 Å². The lowest BCUT2D eigenvalue weighted by atomic mass is 9.98. The molecule has 0 bridgehead atoms. The average molecular weight is 208 g/mol. The van der Waals surface area contributed by atoms with Gasteiger partial charge in [0.25, 0.3) is 0 Å². The van der Waals surface area contributed by atoms with E-state index >= 15 is 0 Å². The smallest absolute Gasteiger partial charge is 0.00792 e. The molecule has 14 heavy (non-hydrogen) atoms. The third-order valence-electron chi connectivity index (χ3n) is 2.41. The van der Waals surface area contributed by atoms with Crippen LogP contribution in [0.4, 0.5) is 0 Å². The Morgan fingerprint density at radius 1 is 1.36 bits per heavy atom. The summed E-state index contributed by atoms with van der Waals surface area (Å²) in [6, 6.07) is 4.43. The fraction of sp³-hybridized carbons (Fsp3) is 0.538. The molecule has 0 radical (unpaired) electrons. The lowest BCUT2D eigenvalue weighted by Crippen LogP contribution is -1.93. The molecule has 1 unspecified atom stereocenters. The largest absolute Gasteiger partial charge is 0.149 e. The predicted octanol–water partition coefficient (Wildman–Crippen LogP) is 4.99. The summed E-state index contributed by atoms with van der Waals surface area (Å²) in [5, 5.41) is 2.18. The molecule has 0 saturated carbocycles. The Morgan fingerprint density at radius 2 is 2.21 bits per heavy atom. The van der Waals surface area contributed by atoms with Crippen LogP contribution in [0.2, 0.25) is 0 Å². The van der Waals surface area contributed by atoms with E-state index < -0.39 is 0 Å². The number of hydrogen-bond donors (Lipinski definition) is 0. The van der Waals surface area contributed by atoms with Crippen molar-refractivity contribution in [3.63, 3.8) is 0 Å². The molecule has 0 aromatic carbocycles. The van der Waals surface area contributed by atoms with Crippen molar-refractivity contribution in [1.29, 1.82) is 0 Å². The van der Waals surface area contributed by atoms with Gasteiger partial charge in [-0.2, -0.15) is 0 Å². The van der Waals surface area contributed by atoms with E-state index in [2.05, 4.69) is 43.5 Å². The summed E-state index contributed by atoms with van der Waals surface area (Å²) in [6.07, 6.45) is 9.57. The molecular weight excluding hydrogens is 188 g/mol. The second-order valence-corrected chi connectivity index (χ2v) is 4.60. The summed E-state index contributed by atoms with van der Waals surface area (Å²) >= 11 is 1.90. The maximum atomic E-state index is 2.33. The third-order valence-corrected chi connectivity index (χ3v) is 3.44. The minimum atomic E-state index is 0.753.